The molecule has 5 nitrogen and oxygen atoms in total. The number of aryl methyl sites for hydroxylation is 1. The number of aromatic nitrogens is 2. The third-order valence-corrected chi connectivity index (χ3v) is 3.70. The predicted molar refractivity (Wildman–Crippen MR) is 77.6 cm³/mol. The zero-order valence-corrected chi connectivity index (χ0v) is 11.9. The van der Waals surface area contributed by atoms with Gasteiger partial charge in [0.25, 0.3) is 0 Å². The van der Waals surface area contributed by atoms with E-state index in [1.165, 1.54) is 25.7 Å². The van der Waals surface area contributed by atoms with Crippen LogP contribution in [0, 0.1) is 12.8 Å². The first-order valence-electron chi connectivity index (χ1n) is 7.10. The van der Waals surface area contributed by atoms with Crippen LogP contribution in [-0.4, -0.2) is 41.8 Å². The van der Waals surface area contributed by atoms with Crippen molar-refractivity contribution in [2.45, 2.75) is 32.6 Å². The second-order valence-electron chi connectivity index (χ2n) is 5.34. The summed E-state index contributed by atoms with van der Waals surface area (Å²) in [6.45, 7) is 3.61. The number of nitrogens with zero attached hydrogens (tertiary/aromatic N) is 3. The highest BCUT2D eigenvalue weighted by Gasteiger charge is 2.15. The van der Waals surface area contributed by atoms with E-state index < -0.39 is 0 Å². The Morgan fingerprint density at radius 1 is 1.37 bits per heavy atom. The number of aliphatic hydroxyl groups excluding tert-OH is 1. The van der Waals surface area contributed by atoms with Crippen LogP contribution in [0.15, 0.2) is 6.07 Å². The van der Waals surface area contributed by atoms with Crippen LogP contribution < -0.4 is 10.2 Å². The highest BCUT2D eigenvalue weighted by Crippen LogP contribution is 2.25. The van der Waals surface area contributed by atoms with Gasteiger partial charge in [0, 0.05) is 26.2 Å². The molecule has 0 bridgehead atoms. The van der Waals surface area contributed by atoms with Crippen molar-refractivity contribution in [1.82, 2.24) is 9.97 Å². The van der Waals surface area contributed by atoms with Crippen LogP contribution in [0.4, 0.5) is 11.6 Å². The first-order valence-corrected chi connectivity index (χ1v) is 7.10. The largest absolute Gasteiger partial charge is 0.395 e. The van der Waals surface area contributed by atoms with Gasteiger partial charge in [0.15, 0.2) is 0 Å². The van der Waals surface area contributed by atoms with E-state index in [1.807, 2.05) is 24.9 Å². The van der Waals surface area contributed by atoms with E-state index in [0.29, 0.717) is 6.54 Å². The molecule has 19 heavy (non-hydrogen) atoms. The summed E-state index contributed by atoms with van der Waals surface area (Å²) in [5.74, 6) is 3.29. The minimum absolute atomic E-state index is 0.129. The minimum atomic E-state index is 0.129. The molecule has 1 saturated carbocycles. The second kappa shape index (κ2) is 6.70. The van der Waals surface area contributed by atoms with Gasteiger partial charge in [-0.25, -0.2) is 9.97 Å². The lowest BCUT2D eigenvalue weighted by atomic mass is 10.1. The summed E-state index contributed by atoms with van der Waals surface area (Å²) >= 11 is 0. The Kier molecular flexibility index (Phi) is 4.96. The lowest BCUT2D eigenvalue weighted by Gasteiger charge is -2.18. The van der Waals surface area contributed by atoms with Gasteiger partial charge in [-0.3, -0.25) is 0 Å². The van der Waals surface area contributed by atoms with Crippen LogP contribution in [-0.2, 0) is 0 Å². The zero-order chi connectivity index (χ0) is 13.7. The number of anilines is 2. The van der Waals surface area contributed by atoms with Crippen LogP contribution in [0.3, 0.4) is 0 Å². The van der Waals surface area contributed by atoms with Gasteiger partial charge in [0.1, 0.15) is 17.5 Å². The van der Waals surface area contributed by atoms with E-state index in [1.54, 1.807) is 0 Å². The average molecular weight is 264 g/mol. The van der Waals surface area contributed by atoms with Gasteiger partial charge in [-0.1, -0.05) is 12.8 Å². The summed E-state index contributed by atoms with van der Waals surface area (Å²) in [6, 6.07) is 1.96. The smallest absolute Gasteiger partial charge is 0.134 e. The molecule has 2 N–H and O–H groups in total. The lowest BCUT2D eigenvalue weighted by molar-refractivity contribution is 0.304. The standard InChI is InChI=1S/C14H24N4O/c1-11-16-13(15-10-12-5-3-4-6-12)9-14(17-11)18(2)7-8-19/h9,12,19H,3-8,10H2,1-2H3,(H,15,16,17). The zero-order valence-electron chi connectivity index (χ0n) is 11.9. The van der Waals surface area contributed by atoms with Crippen molar-refractivity contribution >= 4 is 11.6 Å². The van der Waals surface area contributed by atoms with Crippen LogP contribution in [0.2, 0.25) is 0 Å². The number of hydrogen-bond donors (Lipinski definition) is 2. The summed E-state index contributed by atoms with van der Waals surface area (Å²) in [5.41, 5.74) is 0. The molecule has 1 aromatic heterocycles. The van der Waals surface area contributed by atoms with E-state index in [-0.39, 0.29) is 6.61 Å². The monoisotopic (exact) mass is 264 g/mol. The molecule has 1 aromatic rings. The summed E-state index contributed by atoms with van der Waals surface area (Å²) in [6.07, 6.45) is 5.38. The molecule has 0 aliphatic heterocycles. The summed E-state index contributed by atoms with van der Waals surface area (Å²) < 4.78 is 0. The Morgan fingerprint density at radius 2 is 2.11 bits per heavy atom. The average Bonchev–Trinajstić information content (AvgIpc) is 2.89. The van der Waals surface area contributed by atoms with E-state index >= 15 is 0 Å². The SMILES string of the molecule is Cc1nc(NCC2CCCC2)cc(N(C)CCO)n1. The van der Waals surface area contributed by atoms with Crippen molar-refractivity contribution in [2.24, 2.45) is 5.92 Å². The van der Waals surface area contributed by atoms with Gasteiger partial charge >= 0.3 is 0 Å². The van der Waals surface area contributed by atoms with E-state index in [0.717, 1.165) is 29.9 Å². The fourth-order valence-corrected chi connectivity index (χ4v) is 2.57. The van der Waals surface area contributed by atoms with Gasteiger partial charge in [-0.15, -0.1) is 0 Å². The van der Waals surface area contributed by atoms with Crippen LogP contribution >= 0.6 is 0 Å². The second-order valence-corrected chi connectivity index (χ2v) is 5.34. The van der Waals surface area contributed by atoms with Crippen LogP contribution in [0.1, 0.15) is 31.5 Å². The number of nitrogens with one attached hydrogen (secondary N) is 1. The van der Waals surface area contributed by atoms with Gasteiger partial charge in [-0.05, 0) is 25.7 Å². The van der Waals surface area contributed by atoms with Crippen molar-refractivity contribution < 1.29 is 5.11 Å². The van der Waals surface area contributed by atoms with Crippen LogP contribution in [0.25, 0.3) is 0 Å². The molecular weight excluding hydrogens is 240 g/mol. The maximum absolute atomic E-state index is 8.98. The normalized spacial score (nSPS) is 15.7. The Balaban J connectivity index is 1.99. The Morgan fingerprint density at radius 3 is 2.79 bits per heavy atom. The van der Waals surface area contributed by atoms with Gasteiger partial charge < -0.3 is 15.3 Å². The number of hydrogen-bond acceptors (Lipinski definition) is 5. The first-order chi connectivity index (χ1) is 9.19. The number of aliphatic hydroxyl groups is 1. The minimum Gasteiger partial charge on any atom is -0.395 e. The fraction of sp³-hybridized carbons (Fsp3) is 0.714. The van der Waals surface area contributed by atoms with E-state index in [9.17, 15) is 0 Å². The summed E-state index contributed by atoms with van der Waals surface area (Å²) in [5, 5.41) is 12.4. The van der Waals surface area contributed by atoms with E-state index in [4.69, 9.17) is 5.11 Å². The Labute approximate surface area is 115 Å². The molecule has 1 heterocycles. The Hall–Kier alpha value is -1.36. The predicted octanol–water partition coefficient (Wildman–Crippen LogP) is 1.82. The Bertz CT molecular complexity index is 404. The van der Waals surface area contributed by atoms with Gasteiger partial charge in [0.2, 0.25) is 0 Å². The van der Waals surface area contributed by atoms with E-state index in [2.05, 4.69) is 15.3 Å². The molecule has 1 aliphatic rings. The van der Waals surface area contributed by atoms with Crippen molar-refractivity contribution in [3.63, 3.8) is 0 Å². The quantitative estimate of drug-likeness (QED) is 0.820. The third kappa shape index (κ3) is 4.06. The first kappa shape index (κ1) is 14.1. The summed E-state index contributed by atoms with van der Waals surface area (Å²) in [4.78, 5) is 10.8. The highest BCUT2D eigenvalue weighted by atomic mass is 16.3. The van der Waals surface area contributed by atoms with Crippen molar-refractivity contribution in [2.75, 3.05) is 37.0 Å². The van der Waals surface area contributed by atoms with Crippen LogP contribution in [0.5, 0.6) is 0 Å². The molecule has 0 saturated heterocycles. The maximum Gasteiger partial charge on any atom is 0.134 e. The number of rotatable bonds is 6. The molecule has 0 unspecified atom stereocenters. The lowest BCUT2D eigenvalue weighted by Crippen LogP contribution is -2.23. The van der Waals surface area contributed by atoms with Crippen molar-refractivity contribution in [3.05, 3.63) is 11.9 Å². The molecule has 106 valence electrons. The van der Waals surface area contributed by atoms with Crippen molar-refractivity contribution in [3.8, 4) is 0 Å². The molecule has 0 spiro atoms. The maximum atomic E-state index is 8.98. The molecule has 0 aromatic carbocycles. The molecule has 1 fully saturated rings. The highest BCUT2D eigenvalue weighted by molar-refractivity contribution is 5.48. The molecule has 0 atom stereocenters. The van der Waals surface area contributed by atoms with Crippen molar-refractivity contribution in [1.29, 1.82) is 0 Å². The fourth-order valence-electron chi connectivity index (χ4n) is 2.57. The topological polar surface area (TPSA) is 61.3 Å². The van der Waals surface area contributed by atoms with Gasteiger partial charge in [0.05, 0.1) is 6.61 Å². The summed E-state index contributed by atoms with van der Waals surface area (Å²) in [7, 11) is 1.93. The molecule has 2 rings (SSSR count). The molecule has 0 radical (unpaired) electrons. The third-order valence-electron chi connectivity index (χ3n) is 3.70. The molecule has 1 aliphatic carbocycles. The number of likely N-dealkylation sites (N-methyl/N-ethyl adjacent to an activating group) is 1. The molecule has 0 amide bonds. The molecular formula is C14H24N4O. The molecule has 5 heteroatoms. The van der Waals surface area contributed by atoms with Gasteiger partial charge in [-0.2, -0.15) is 0 Å².